The van der Waals surface area contributed by atoms with Crippen molar-refractivity contribution >= 4 is 39.1 Å². The van der Waals surface area contributed by atoms with Crippen LogP contribution in [-0.4, -0.2) is 52.7 Å². The SMILES string of the molecule is CCN(CC)CCn1cc(NC(=O)C2CC(=O)N(c3cccc(Br)c3)C2)cn1. The van der Waals surface area contributed by atoms with E-state index in [0.29, 0.717) is 12.2 Å². The molecule has 28 heavy (non-hydrogen) atoms. The Morgan fingerprint density at radius 1 is 1.36 bits per heavy atom. The normalized spacial score (nSPS) is 16.8. The summed E-state index contributed by atoms with van der Waals surface area (Å²) in [6.07, 6.45) is 3.71. The van der Waals surface area contributed by atoms with Crippen molar-refractivity contribution in [3.63, 3.8) is 0 Å². The van der Waals surface area contributed by atoms with Gasteiger partial charge in [0.05, 0.1) is 24.3 Å². The third-order valence-electron chi connectivity index (χ3n) is 5.06. The summed E-state index contributed by atoms with van der Waals surface area (Å²) in [7, 11) is 0. The van der Waals surface area contributed by atoms with E-state index in [0.717, 1.165) is 36.3 Å². The van der Waals surface area contributed by atoms with Crippen molar-refractivity contribution in [1.29, 1.82) is 0 Å². The number of carbonyl (C=O) groups is 2. The number of hydrogen-bond donors (Lipinski definition) is 1. The summed E-state index contributed by atoms with van der Waals surface area (Å²) < 4.78 is 2.74. The molecule has 1 saturated heterocycles. The zero-order chi connectivity index (χ0) is 20.1. The first-order valence-corrected chi connectivity index (χ1v) is 10.4. The summed E-state index contributed by atoms with van der Waals surface area (Å²) in [6.45, 7) is 8.36. The minimum absolute atomic E-state index is 0.0341. The van der Waals surface area contributed by atoms with Crippen molar-refractivity contribution in [2.45, 2.75) is 26.8 Å². The first-order valence-electron chi connectivity index (χ1n) is 9.61. The number of nitrogens with one attached hydrogen (secondary N) is 1. The smallest absolute Gasteiger partial charge is 0.229 e. The number of carbonyl (C=O) groups excluding carboxylic acids is 2. The standard InChI is InChI=1S/C20H26BrN5O2/c1-3-24(4-2)8-9-25-14-17(12-22-25)23-20(28)15-10-19(27)26(13-15)18-7-5-6-16(21)11-18/h5-7,11-12,14-15H,3-4,8-10,13H2,1-2H3,(H,23,28). The summed E-state index contributed by atoms with van der Waals surface area (Å²) in [6, 6.07) is 7.56. The molecule has 2 heterocycles. The minimum Gasteiger partial charge on any atom is -0.323 e. The van der Waals surface area contributed by atoms with Crippen molar-refractivity contribution in [2.75, 3.05) is 36.4 Å². The fourth-order valence-corrected chi connectivity index (χ4v) is 3.74. The fourth-order valence-electron chi connectivity index (χ4n) is 3.36. The van der Waals surface area contributed by atoms with E-state index in [1.165, 1.54) is 0 Å². The molecule has 8 heteroatoms. The molecule has 0 spiro atoms. The Bertz CT molecular complexity index is 834. The van der Waals surface area contributed by atoms with Gasteiger partial charge in [0, 0.05) is 35.9 Å². The number of anilines is 2. The van der Waals surface area contributed by atoms with Gasteiger partial charge in [-0.2, -0.15) is 5.10 Å². The Kier molecular flexibility index (Phi) is 6.85. The molecule has 0 radical (unpaired) electrons. The van der Waals surface area contributed by atoms with Crippen molar-refractivity contribution in [3.05, 3.63) is 41.1 Å². The lowest BCUT2D eigenvalue weighted by atomic mass is 10.1. The zero-order valence-electron chi connectivity index (χ0n) is 16.3. The molecule has 1 N–H and O–H groups in total. The van der Waals surface area contributed by atoms with Crippen LogP contribution in [0, 0.1) is 5.92 Å². The lowest BCUT2D eigenvalue weighted by Crippen LogP contribution is -2.28. The number of rotatable bonds is 8. The second-order valence-corrected chi connectivity index (χ2v) is 7.81. The predicted molar refractivity (Wildman–Crippen MR) is 113 cm³/mol. The third kappa shape index (κ3) is 4.99. The number of hydrogen-bond acceptors (Lipinski definition) is 4. The molecule has 1 aromatic carbocycles. The Morgan fingerprint density at radius 3 is 2.86 bits per heavy atom. The van der Waals surface area contributed by atoms with E-state index in [4.69, 9.17) is 0 Å². The number of halogens is 1. The van der Waals surface area contributed by atoms with E-state index < -0.39 is 0 Å². The lowest BCUT2D eigenvalue weighted by molar-refractivity contribution is -0.122. The third-order valence-corrected chi connectivity index (χ3v) is 5.55. The van der Waals surface area contributed by atoms with E-state index in [1.54, 1.807) is 11.1 Å². The predicted octanol–water partition coefficient (Wildman–Crippen LogP) is 2.98. The second kappa shape index (κ2) is 9.34. The summed E-state index contributed by atoms with van der Waals surface area (Å²) in [5, 5.41) is 7.22. The highest BCUT2D eigenvalue weighted by molar-refractivity contribution is 9.10. The molecule has 1 aliphatic heterocycles. The molecular formula is C20H26BrN5O2. The Hall–Kier alpha value is -2.19. The minimum atomic E-state index is -0.370. The van der Waals surface area contributed by atoms with Gasteiger partial charge in [-0.05, 0) is 31.3 Å². The molecule has 2 aromatic rings. The quantitative estimate of drug-likeness (QED) is 0.674. The van der Waals surface area contributed by atoms with Gasteiger partial charge in [-0.15, -0.1) is 0 Å². The molecule has 2 amide bonds. The van der Waals surface area contributed by atoms with Crippen LogP contribution in [0.3, 0.4) is 0 Å². The summed E-state index contributed by atoms with van der Waals surface area (Å²) in [4.78, 5) is 29.0. The maximum Gasteiger partial charge on any atom is 0.229 e. The van der Waals surface area contributed by atoms with Crippen LogP contribution in [0.5, 0.6) is 0 Å². The molecule has 1 aliphatic rings. The van der Waals surface area contributed by atoms with Crippen molar-refractivity contribution in [3.8, 4) is 0 Å². The number of aromatic nitrogens is 2. The van der Waals surface area contributed by atoms with Gasteiger partial charge in [0.25, 0.3) is 0 Å². The Labute approximate surface area is 173 Å². The van der Waals surface area contributed by atoms with Gasteiger partial charge in [0.15, 0.2) is 0 Å². The highest BCUT2D eigenvalue weighted by Crippen LogP contribution is 2.28. The molecule has 0 aliphatic carbocycles. The van der Waals surface area contributed by atoms with Gasteiger partial charge < -0.3 is 15.1 Å². The van der Waals surface area contributed by atoms with E-state index in [-0.39, 0.29) is 24.2 Å². The molecule has 7 nitrogen and oxygen atoms in total. The second-order valence-electron chi connectivity index (χ2n) is 6.89. The van der Waals surface area contributed by atoms with Gasteiger partial charge in [-0.25, -0.2) is 0 Å². The number of likely N-dealkylation sites (N-methyl/N-ethyl adjacent to an activating group) is 1. The van der Waals surface area contributed by atoms with Gasteiger partial charge in [0.2, 0.25) is 11.8 Å². The number of benzene rings is 1. The number of nitrogens with zero attached hydrogens (tertiary/aromatic N) is 4. The Balaban J connectivity index is 1.56. The van der Waals surface area contributed by atoms with Gasteiger partial charge in [-0.1, -0.05) is 35.8 Å². The molecule has 0 saturated carbocycles. The van der Waals surface area contributed by atoms with E-state index >= 15 is 0 Å². The van der Waals surface area contributed by atoms with Gasteiger partial charge in [0.1, 0.15) is 0 Å². The van der Waals surface area contributed by atoms with Crippen LogP contribution in [0.1, 0.15) is 20.3 Å². The summed E-state index contributed by atoms with van der Waals surface area (Å²) >= 11 is 3.42. The van der Waals surface area contributed by atoms with Crippen LogP contribution in [0.25, 0.3) is 0 Å². The molecule has 1 unspecified atom stereocenters. The van der Waals surface area contributed by atoms with Gasteiger partial charge >= 0.3 is 0 Å². The highest BCUT2D eigenvalue weighted by Gasteiger charge is 2.35. The van der Waals surface area contributed by atoms with E-state index in [1.807, 2.05) is 35.1 Å². The van der Waals surface area contributed by atoms with Crippen LogP contribution in [0.2, 0.25) is 0 Å². The average Bonchev–Trinajstić information content (AvgIpc) is 3.29. The van der Waals surface area contributed by atoms with Crippen LogP contribution >= 0.6 is 15.9 Å². The topological polar surface area (TPSA) is 70.5 Å². The van der Waals surface area contributed by atoms with E-state index in [9.17, 15) is 9.59 Å². The first kappa shape index (κ1) is 20.5. The maximum atomic E-state index is 12.6. The van der Waals surface area contributed by atoms with Gasteiger partial charge in [-0.3, -0.25) is 14.3 Å². The monoisotopic (exact) mass is 447 g/mol. The molecule has 0 bridgehead atoms. The molecule has 150 valence electrons. The van der Waals surface area contributed by atoms with Crippen LogP contribution in [0.15, 0.2) is 41.1 Å². The average molecular weight is 448 g/mol. The first-order chi connectivity index (χ1) is 13.5. The van der Waals surface area contributed by atoms with Crippen molar-refractivity contribution in [2.24, 2.45) is 5.92 Å². The fraction of sp³-hybridized carbons (Fsp3) is 0.450. The number of amides is 2. The maximum absolute atomic E-state index is 12.6. The van der Waals surface area contributed by atoms with Crippen LogP contribution < -0.4 is 10.2 Å². The summed E-state index contributed by atoms with van der Waals surface area (Å²) in [5.41, 5.74) is 1.47. The summed E-state index contributed by atoms with van der Waals surface area (Å²) in [5.74, 6) is -0.548. The molecule has 3 rings (SSSR count). The highest BCUT2D eigenvalue weighted by atomic mass is 79.9. The molecule has 1 aromatic heterocycles. The van der Waals surface area contributed by atoms with Crippen LogP contribution in [0.4, 0.5) is 11.4 Å². The van der Waals surface area contributed by atoms with Crippen molar-refractivity contribution in [1.82, 2.24) is 14.7 Å². The lowest BCUT2D eigenvalue weighted by Gasteiger charge is -2.17. The zero-order valence-corrected chi connectivity index (χ0v) is 17.9. The molecule has 1 fully saturated rings. The Morgan fingerprint density at radius 2 is 2.14 bits per heavy atom. The molecule has 1 atom stereocenters. The largest absolute Gasteiger partial charge is 0.323 e. The molecular weight excluding hydrogens is 422 g/mol. The van der Waals surface area contributed by atoms with Crippen LogP contribution in [-0.2, 0) is 16.1 Å². The van der Waals surface area contributed by atoms with Crippen molar-refractivity contribution < 1.29 is 9.59 Å². The van der Waals surface area contributed by atoms with E-state index in [2.05, 4.69) is 45.1 Å².